The fourth-order valence-electron chi connectivity index (χ4n) is 2.23. The van der Waals surface area contributed by atoms with E-state index in [9.17, 15) is 4.79 Å². The molecule has 1 saturated carbocycles. The number of carbonyl (C=O) groups is 1. The van der Waals surface area contributed by atoms with Gasteiger partial charge in [-0.25, -0.2) is 0 Å². The summed E-state index contributed by atoms with van der Waals surface area (Å²) in [6.07, 6.45) is 2.91. The van der Waals surface area contributed by atoms with Crippen molar-refractivity contribution in [1.82, 2.24) is 19.9 Å². The summed E-state index contributed by atoms with van der Waals surface area (Å²) in [6.45, 7) is 4.04. The van der Waals surface area contributed by atoms with E-state index < -0.39 is 0 Å². The first kappa shape index (κ1) is 11.2. The molecule has 0 unspecified atom stereocenters. The zero-order valence-electron chi connectivity index (χ0n) is 10.5. The second-order valence-corrected chi connectivity index (χ2v) is 5.04. The van der Waals surface area contributed by atoms with Crippen LogP contribution in [0.1, 0.15) is 32.1 Å². The zero-order chi connectivity index (χ0) is 12.7. The van der Waals surface area contributed by atoms with Crippen LogP contribution < -0.4 is 5.32 Å². The number of rotatable bonds is 3. The largest absolute Gasteiger partial charge is 0.346 e. The van der Waals surface area contributed by atoms with E-state index in [-0.39, 0.29) is 17.9 Å². The Morgan fingerprint density at radius 3 is 3.00 bits per heavy atom. The van der Waals surface area contributed by atoms with Crippen molar-refractivity contribution in [1.29, 1.82) is 0 Å². The Morgan fingerprint density at radius 1 is 1.50 bits per heavy atom. The lowest BCUT2D eigenvalue weighted by atomic mass is 10.2. The van der Waals surface area contributed by atoms with Crippen LogP contribution in [0.4, 0.5) is 0 Å². The van der Waals surface area contributed by atoms with Gasteiger partial charge < -0.3 is 5.32 Å². The Bertz CT molecular complexity index is 591. The van der Waals surface area contributed by atoms with Gasteiger partial charge in [0.2, 0.25) is 5.91 Å². The Kier molecular flexibility index (Phi) is 2.54. The summed E-state index contributed by atoms with van der Waals surface area (Å²) in [7, 11) is 0. The van der Waals surface area contributed by atoms with Crippen LogP contribution >= 0.6 is 0 Å². The van der Waals surface area contributed by atoms with E-state index in [0.717, 1.165) is 17.9 Å². The molecule has 0 spiro atoms. The smallest absolute Gasteiger partial charge is 0.223 e. The molecule has 5 heteroatoms. The third kappa shape index (κ3) is 1.85. The first-order valence-electron chi connectivity index (χ1n) is 6.27. The first-order chi connectivity index (χ1) is 8.66. The van der Waals surface area contributed by atoms with Gasteiger partial charge in [-0.2, -0.15) is 0 Å². The van der Waals surface area contributed by atoms with Crippen molar-refractivity contribution in [2.45, 2.75) is 26.3 Å². The monoisotopic (exact) mass is 244 g/mol. The number of aromatic nitrogens is 3. The van der Waals surface area contributed by atoms with Crippen LogP contribution in [0, 0.1) is 11.8 Å². The number of pyridine rings is 1. The predicted octanol–water partition coefficient (Wildman–Crippen LogP) is 1.56. The van der Waals surface area contributed by atoms with Crippen molar-refractivity contribution in [2.75, 3.05) is 0 Å². The molecule has 0 radical (unpaired) electrons. The zero-order valence-corrected chi connectivity index (χ0v) is 10.5. The maximum absolute atomic E-state index is 11.9. The Labute approximate surface area is 105 Å². The van der Waals surface area contributed by atoms with Crippen LogP contribution in [-0.4, -0.2) is 20.5 Å². The Hall–Kier alpha value is -1.91. The third-order valence-electron chi connectivity index (χ3n) is 3.53. The number of nitrogens with one attached hydrogen (secondary N) is 1. The molecule has 0 aliphatic heterocycles. The van der Waals surface area contributed by atoms with Crippen molar-refractivity contribution >= 4 is 11.6 Å². The molecule has 94 valence electrons. The van der Waals surface area contributed by atoms with E-state index >= 15 is 0 Å². The topological polar surface area (TPSA) is 59.3 Å². The molecule has 1 aliphatic carbocycles. The van der Waals surface area contributed by atoms with E-state index in [1.165, 1.54) is 0 Å². The van der Waals surface area contributed by atoms with Crippen molar-refractivity contribution < 1.29 is 4.79 Å². The van der Waals surface area contributed by atoms with Crippen LogP contribution in [-0.2, 0) is 4.79 Å². The van der Waals surface area contributed by atoms with Gasteiger partial charge in [0.15, 0.2) is 11.5 Å². The van der Waals surface area contributed by atoms with E-state index in [2.05, 4.69) is 22.4 Å². The van der Waals surface area contributed by atoms with E-state index in [0.29, 0.717) is 5.92 Å². The average Bonchev–Trinajstić information content (AvgIpc) is 2.94. The molecule has 1 aliphatic rings. The van der Waals surface area contributed by atoms with Crippen molar-refractivity contribution in [3.63, 3.8) is 0 Å². The van der Waals surface area contributed by atoms with Gasteiger partial charge in [0.05, 0.1) is 6.04 Å². The predicted molar refractivity (Wildman–Crippen MR) is 66.8 cm³/mol. The molecule has 1 fully saturated rings. The molecule has 0 saturated heterocycles. The SMILES string of the molecule is C[C@H](NC(=O)[C@H]1C[C@H]1C)c1nnc2ccccn12. The fraction of sp³-hybridized carbons (Fsp3) is 0.462. The summed E-state index contributed by atoms with van der Waals surface area (Å²) in [5.74, 6) is 1.61. The van der Waals surface area contributed by atoms with Crippen molar-refractivity contribution in [2.24, 2.45) is 11.8 Å². The number of hydrogen-bond acceptors (Lipinski definition) is 3. The molecule has 18 heavy (non-hydrogen) atoms. The van der Waals surface area contributed by atoms with Gasteiger partial charge in [0.1, 0.15) is 0 Å². The number of carbonyl (C=O) groups excluding carboxylic acids is 1. The van der Waals surface area contributed by atoms with Gasteiger partial charge in [-0.15, -0.1) is 10.2 Å². The summed E-state index contributed by atoms with van der Waals surface area (Å²) >= 11 is 0. The van der Waals surface area contributed by atoms with Crippen LogP contribution in [0.5, 0.6) is 0 Å². The highest BCUT2D eigenvalue weighted by atomic mass is 16.2. The van der Waals surface area contributed by atoms with Crippen LogP contribution in [0.3, 0.4) is 0 Å². The third-order valence-corrected chi connectivity index (χ3v) is 3.53. The van der Waals surface area contributed by atoms with Crippen LogP contribution in [0.25, 0.3) is 5.65 Å². The lowest BCUT2D eigenvalue weighted by Crippen LogP contribution is -2.29. The lowest BCUT2D eigenvalue weighted by molar-refractivity contribution is -0.123. The molecule has 1 N–H and O–H groups in total. The van der Waals surface area contributed by atoms with Gasteiger partial charge in [0.25, 0.3) is 0 Å². The highest BCUT2D eigenvalue weighted by Crippen LogP contribution is 2.38. The van der Waals surface area contributed by atoms with Gasteiger partial charge in [-0.05, 0) is 31.4 Å². The standard InChI is InChI=1S/C13H16N4O/c1-8-7-10(8)13(18)14-9(2)12-16-15-11-5-3-4-6-17(11)12/h3-6,8-10H,7H2,1-2H3,(H,14,18)/t8-,9+,10+/m1/s1. The molecule has 3 rings (SSSR count). The summed E-state index contributed by atoms with van der Waals surface area (Å²) in [5, 5.41) is 11.2. The Morgan fingerprint density at radius 2 is 2.28 bits per heavy atom. The summed E-state index contributed by atoms with van der Waals surface area (Å²) < 4.78 is 1.90. The van der Waals surface area contributed by atoms with Crippen LogP contribution in [0.15, 0.2) is 24.4 Å². The normalized spacial score (nSPS) is 23.9. The summed E-state index contributed by atoms with van der Waals surface area (Å²) in [6, 6.07) is 5.62. The second kappa shape index (κ2) is 4.08. The summed E-state index contributed by atoms with van der Waals surface area (Å²) in [4.78, 5) is 11.9. The number of nitrogens with zero attached hydrogens (tertiary/aromatic N) is 3. The molecule has 3 atom stereocenters. The fourth-order valence-corrected chi connectivity index (χ4v) is 2.23. The minimum absolute atomic E-state index is 0.123. The molecular weight excluding hydrogens is 228 g/mol. The van der Waals surface area contributed by atoms with Crippen LogP contribution in [0.2, 0.25) is 0 Å². The van der Waals surface area contributed by atoms with Gasteiger partial charge >= 0.3 is 0 Å². The summed E-state index contributed by atoms with van der Waals surface area (Å²) in [5.41, 5.74) is 0.799. The van der Waals surface area contributed by atoms with E-state index in [1.54, 1.807) is 0 Å². The van der Waals surface area contributed by atoms with Crippen molar-refractivity contribution in [3.8, 4) is 0 Å². The second-order valence-electron chi connectivity index (χ2n) is 5.04. The molecule has 2 aromatic rings. The average molecular weight is 244 g/mol. The minimum Gasteiger partial charge on any atom is -0.346 e. The maximum Gasteiger partial charge on any atom is 0.223 e. The highest BCUT2D eigenvalue weighted by Gasteiger charge is 2.39. The Balaban J connectivity index is 1.79. The number of hydrogen-bond donors (Lipinski definition) is 1. The molecule has 2 aromatic heterocycles. The minimum atomic E-state index is -0.123. The molecule has 2 heterocycles. The first-order valence-corrected chi connectivity index (χ1v) is 6.27. The molecule has 0 bridgehead atoms. The van der Waals surface area contributed by atoms with E-state index in [4.69, 9.17) is 0 Å². The van der Waals surface area contributed by atoms with Gasteiger partial charge in [-0.1, -0.05) is 13.0 Å². The number of fused-ring (bicyclic) bond motifs is 1. The van der Waals surface area contributed by atoms with Crippen molar-refractivity contribution in [3.05, 3.63) is 30.2 Å². The van der Waals surface area contributed by atoms with Gasteiger partial charge in [0, 0.05) is 12.1 Å². The maximum atomic E-state index is 11.9. The molecule has 5 nitrogen and oxygen atoms in total. The van der Waals surface area contributed by atoms with Gasteiger partial charge in [-0.3, -0.25) is 9.20 Å². The molecular formula is C13H16N4O. The quantitative estimate of drug-likeness (QED) is 0.891. The number of amides is 1. The lowest BCUT2D eigenvalue weighted by Gasteiger charge is -2.12. The van der Waals surface area contributed by atoms with E-state index in [1.807, 2.05) is 35.7 Å². The highest BCUT2D eigenvalue weighted by molar-refractivity contribution is 5.81. The molecule has 1 amide bonds. The molecule has 0 aromatic carbocycles.